The minimum absolute atomic E-state index is 0.794. The molecule has 10 heavy (non-hydrogen) atoms. The minimum atomic E-state index is 0.794. The molecule has 58 valence electrons. The van der Waals surface area contributed by atoms with Crippen molar-refractivity contribution in [2.45, 2.75) is 27.2 Å². The van der Waals surface area contributed by atoms with E-state index in [4.69, 9.17) is 0 Å². The summed E-state index contributed by atoms with van der Waals surface area (Å²) < 4.78 is 0. The Hall–Kier alpha value is -0.460. The van der Waals surface area contributed by atoms with Crippen LogP contribution in [0.15, 0.2) is 11.8 Å². The summed E-state index contributed by atoms with van der Waals surface area (Å²) >= 11 is 0. The van der Waals surface area contributed by atoms with E-state index >= 15 is 0 Å². The first kappa shape index (κ1) is 7.64. The number of rotatable bonds is 2. The van der Waals surface area contributed by atoms with Crippen molar-refractivity contribution < 1.29 is 0 Å². The van der Waals surface area contributed by atoms with E-state index in [2.05, 4.69) is 31.9 Å². The van der Waals surface area contributed by atoms with Gasteiger partial charge in [-0.1, -0.05) is 19.4 Å². The van der Waals surface area contributed by atoms with Gasteiger partial charge in [0, 0.05) is 13.1 Å². The van der Waals surface area contributed by atoms with Crippen LogP contribution in [-0.4, -0.2) is 18.0 Å². The second kappa shape index (κ2) is 3.09. The Morgan fingerprint density at radius 2 is 2.30 bits per heavy atom. The molecule has 0 amide bonds. The fraction of sp³-hybridized carbons (Fsp3) is 0.778. The van der Waals surface area contributed by atoms with Gasteiger partial charge < -0.3 is 4.90 Å². The molecular weight excluding hydrogens is 122 g/mol. The van der Waals surface area contributed by atoms with Crippen LogP contribution in [0.2, 0.25) is 0 Å². The van der Waals surface area contributed by atoms with Crippen LogP contribution < -0.4 is 0 Å². The van der Waals surface area contributed by atoms with Gasteiger partial charge in [-0.05, 0) is 25.5 Å². The molecule has 1 aliphatic heterocycles. The van der Waals surface area contributed by atoms with E-state index in [9.17, 15) is 0 Å². The third kappa shape index (κ3) is 2.05. The third-order valence-corrected chi connectivity index (χ3v) is 1.80. The van der Waals surface area contributed by atoms with Gasteiger partial charge in [0.2, 0.25) is 0 Å². The summed E-state index contributed by atoms with van der Waals surface area (Å²) in [6.07, 6.45) is 3.56. The van der Waals surface area contributed by atoms with Crippen molar-refractivity contribution in [1.29, 1.82) is 0 Å². The molecule has 0 radical (unpaired) electrons. The molecule has 0 saturated carbocycles. The summed E-state index contributed by atoms with van der Waals surface area (Å²) in [6.45, 7) is 9.20. The first-order chi connectivity index (χ1) is 4.68. The van der Waals surface area contributed by atoms with Crippen molar-refractivity contribution in [2.75, 3.05) is 13.1 Å². The molecule has 0 aliphatic carbocycles. The van der Waals surface area contributed by atoms with Crippen LogP contribution in [0.4, 0.5) is 0 Å². The zero-order valence-electron chi connectivity index (χ0n) is 7.22. The summed E-state index contributed by atoms with van der Waals surface area (Å²) in [6, 6.07) is 0. The van der Waals surface area contributed by atoms with E-state index in [1.807, 2.05) is 0 Å². The van der Waals surface area contributed by atoms with Crippen molar-refractivity contribution in [1.82, 2.24) is 4.90 Å². The average molecular weight is 139 g/mol. The largest absolute Gasteiger partial charge is 0.377 e. The predicted molar refractivity (Wildman–Crippen MR) is 44.8 cm³/mol. The minimum Gasteiger partial charge on any atom is -0.377 e. The van der Waals surface area contributed by atoms with Crippen LogP contribution >= 0.6 is 0 Å². The molecule has 1 aliphatic rings. The molecule has 0 spiro atoms. The third-order valence-electron chi connectivity index (χ3n) is 1.80. The van der Waals surface area contributed by atoms with Gasteiger partial charge in [0.15, 0.2) is 0 Å². The maximum Gasteiger partial charge on any atom is 0.0210 e. The van der Waals surface area contributed by atoms with Gasteiger partial charge in [0.1, 0.15) is 0 Å². The van der Waals surface area contributed by atoms with Crippen molar-refractivity contribution in [3.8, 4) is 0 Å². The van der Waals surface area contributed by atoms with E-state index in [1.165, 1.54) is 25.1 Å². The SMILES string of the molecule is CC1=CN(CC(C)C)CC1. The molecule has 1 heteroatoms. The first-order valence-electron chi connectivity index (χ1n) is 4.10. The van der Waals surface area contributed by atoms with Gasteiger partial charge in [-0.3, -0.25) is 0 Å². The molecule has 0 saturated heterocycles. The molecule has 1 nitrogen and oxygen atoms in total. The molecule has 0 N–H and O–H groups in total. The summed E-state index contributed by atoms with van der Waals surface area (Å²) in [7, 11) is 0. The Bertz CT molecular complexity index is 136. The monoisotopic (exact) mass is 139 g/mol. The van der Waals surface area contributed by atoms with Gasteiger partial charge >= 0.3 is 0 Å². The van der Waals surface area contributed by atoms with E-state index in [1.54, 1.807) is 0 Å². The number of hydrogen-bond acceptors (Lipinski definition) is 1. The summed E-state index contributed by atoms with van der Waals surface area (Å²) in [4.78, 5) is 2.42. The molecule has 0 aromatic heterocycles. The predicted octanol–water partition coefficient (Wildman–Crippen LogP) is 2.25. The van der Waals surface area contributed by atoms with Gasteiger partial charge in [-0.15, -0.1) is 0 Å². The van der Waals surface area contributed by atoms with Crippen LogP contribution in [-0.2, 0) is 0 Å². The van der Waals surface area contributed by atoms with Gasteiger partial charge in [0.25, 0.3) is 0 Å². The average Bonchev–Trinajstić information content (AvgIpc) is 2.13. The van der Waals surface area contributed by atoms with E-state index in [0.717, 1.165) is 5.92 Å². The van der Waals surface area contributed by atoms with E-state index in [-0.39, 0.29) is 0 Å². The van der Waals surface area contributed by atoms with Crippen LogP contribution in [0.1, 0.15) is 27.2 Å². The molecule has 0 atom stereocenters. The summed E-state index contributed by atoms with van der Waals surface area (Å²) in [5.41, 5.74) is 1.53. The molecule has 0 bridgehead atoms. The normalized spacial score (nSPS) is 18.4. The zero-order chi connectivity index (χ0) is 7.56. The Morgan fingerprint density at radius 3 is 2.70 bits per heavy atom. The van der Waals surface area contributed by atoms with Gasteiger partial charge in [-0.2, -0.15) is 0 Å². The van der Waals surface area contributed by atoms with Crippen molar-refractivity contribution in [3.05, 3.63) is 11.8 Å². The van der Waals surface area contributed by atoms with Crippen molar-refractivity contribution in [2.24, 2.45) is 5.92 Å². The highest BCUT2D eigenvalue weighted by Crippen LogP contribution is 2.13. The second-order valence-corrected chi connectivity index (χ2v) is 3.61. The Morgan fingerprint density at radius 1 is 1.60 bits per heavy atom. The highest BCUT2D eigenvalue weighted by molar-refractivity contribution is 5.04. The highest BCUT2D eigenvalue weighted by Gasteiger charge is 2.08. The number of nitrogens with zero attached hydrogens (tertiary/aromatic N) is 1. The lowest BCUT2D eigenvalue weighted by Gasteiger charge is -2.17. The molecular formula is C9H17N. The van der Waals surface area contributed by atoms with Crippen molar-refractivity contribution >= 4 is 0 Å². The second-order valence-electron chi connectivity index (χ2n) is 3.61. The zero-order valence-corrected chi connectivity index (χ0v) is 7.22. The standard InChI is InChI=1S/C9H17N/c1-8(2)6-10-5-4-9(3)7-10/h7-8H,4-6H2,1-3H3. The Labute approximate surface area is 63.7 Å². The fourth-order valence-electron chi connectivity index (χ4n) is 1.37. The quantitative estimate of drug-likeness (QED) is 0.567. The van der Waals surface area contributed by atoms with Gasteiger partial charge in [-0.25, -0.2) is 0 Å². The van der Waals surface area contributed by atoms with Crippen LogP contribution in [0.3, 0.4) is 0 Å². The molecule has 1 heterocycles. The topological polar surface area (TPSA) is 3.24 Å². The Kier molecular flexibility index (Phi) is 2.36. The molecule has 0 aromatic carbocycles. The van der Waals surface area contributed by atoms with Crippen LogP contribution in [0.5, 0.6) is 0 Å². The lowest BCUT2D eigenvalue weighted by Crippen LogP contribution is -2.19. The lowest BCUT2D eigenvalue weighted by molar-refractivity contribution is 0.354. The summed E-state index contributed by atoms with van der Waals surface area (Å²) in [5.74, 6) is 0.794. The first-order valence-corrected chi connectivity index (χ1v) is 4.10. The molecule has 0 fully saturated rings. The summed E-state index contributed by atoms with van der Waals surface area (Å²) in [5, 5.41) is 0. The van der Waals surface area contributed by atoms with Crippen molar-refractivity contribution in [3.63, 3.8) is 0 Å². The lowest BCUT2D eigenvalue weighted by atomic mass is 10.2. The maximum absolute atomic E-state index is 2.42. The van der Waals surface area contributed by atoms with Crippen LogP contribution in [0, 0.1) is 5.92 Å². The van der Waals surface area contributed by atoms with Gasteiger partial charge in [0.05, 0.1) is 0 Å². The molecule has 0 unspecified atom stereocenters. The van der Waals surface area contributed by atoms with E-state index in [0.29, 0.717) is 0 Å². The smallest absolute Gasteiger partial charge is 0.0210 e. The molecule has 1 rings (SSSR count). The van der Waals surface area contributed by atoms with E-state index < -0.39 is 0 Å². The fourth-order valence-corrected chi connectivity index (χ4v) is 1.37. The highest BCUT2D eigenvalue weighted by atomic mass is 15.1. The Balaban J connectivity index is 2.31. The number of hydrogen-bond donors (Lipinski definition) is 0. The molecule has 0 aromatic rings. The maximum atomic E-state index is 2.42. The van der Waals surface area contributed by atoms with Crippen LogP contribution in [0.25, 0.3) is 0 Å².